The molecule has 3 nitrogen and oxygen atoms in total. The van der Waals surface area contributed by atoms with Crippen molar-refractivity contribution in [1.29, 1.82) is 0 Å². The summed E-state index contributed by atoms with van der Waals surface area (Å²) in [5.74, 6) is 0.577. The minimum Gasteiger partial charge on any atom is -0.397 e. The van der Waals surface area contributed by atoms with Gasteiger partial charge in [-0.2, -0.15) is 0 Å². The van der Waals surface area contributed by atoms with Crippen LogP contribution >= 0.6 is 0 Å². The Kier molecular flexibility index (Phi) is 1.91. The lowest BCUT2D eigenvalue weighted by molar-refractivity contribution is 0.630. The second-order valence-corrected chi connectivity index (χ2v) is 3.30. The molecule has 0 aliphatic heterocycles. The van der Waals surface area contributed by atoms with Crippen LogP contribution in [0.5, 0.6) is 0 Å². The summed E-state index contributed by atoms with van der Waals surface area (Å²) in [4.78, 5) is 4.30. The van der Waals surface area contributed by atoms with Crippen molar-refractivity contribution in [3.05, 3.63) is 23.8 Å². The van der Waals surface area contributed by atoms with E-state index >= 15 is 0 Å². The summed E-state index contributed by atoms with van der Waals surface area (Å²) in [6.07, 6.45) is 0.812. The Morgan fingerprint density at radius 2 is 2.21 bits per heavy atom. The molecule has 0 saturated heterocycles. The van der Waals surface area contributed by atoms with Gasteiger partial charge in [0.15, 0.2) is 0 Å². The topological polar surface area (TPSA) is 43.8 Å². The monoisotopic (exact) mass is 193 g/mol. The highest BCUT2D eigenvalue weighted by Crippen LogP contribution is 2.23. The zero-order valence-corrected chi connectivity index (χ0v) is 8.21. The van der Waals surface area contributed by atoms with Crippen molar-refractivity contribution in [2.24, 2.45) is 7.05 Å². The molecule has 2 aromatic rings. The van der Waals surface area contributed by atoms with E-state index in [-0.39, 0.29) is 5.82 Å². The van der Waals surface area contributed by atoms with E-state index in [9.17, 15) is 4.39 Å². The molecule has 0 saturated carbocycles. The zero-order chi connectivity index (χ0) is 10.3. The molecule has 14 heavy (non-hydrogen) atoms. The zero-order valence-electron chi connectivity index (χ0n) is 8.21. The summed E-state index contributed by atoms with van der Waals surface area (Å²) in [6.45, 7) is 2.01. The molecule has 0 amide bonds. The van der Waals surface area contributed by atoms with Crippen molar-refractivity contribution in [3.63, 3.8) is 0 Å². The molecule has 0 spiro atoms. The minimum atomic E-state index is -0.337. The second-order valence-electron chi connectivity index (χ2n) is 3.30. The fourth-order valence-corrected chi connectivity index (χ4v) is 1.72. The van der Waals surface area contributed by atoms with Crippen LogP contribution in [0.4, 0.5) is 10.1 Å². The van der Waals surface area contributed by atoms with Crippen LogP contribution in [0, 0.1) is 5.82 Å². The molecule has 0 fully saturated rings. The maximum absolute atomic E-state index is 13.0. The molecule has 74 valence electrons. The number of nitrogen functional groups attached to an aromatic ring is 1. The van der Waals surface area contributed by atoms with Gasteiger partial charge in [0.05, 0.1) is 16.7 Å². The van der Waals surface area contributed by atoms with Crippen molar-refractivity contribution in [3.8, 4) is 0 Å². The van der Waals surface area contributed by atoms with Gasteiger partial charge < -0.3 is 10.3 Å². The Balaban J connectivity index is 2.85. The first-order chi connectivity index (χ1) is 6.63. The van der Waals surface area contributed by atoms with E-state index in [2.05, 4.69) is 4.98 Å². The van der Waals surface area contributed by atoms with Gasteiger partial charge in [-0.1, -0.05) is 6.92 Å². The molecular formula is C10H12FN3. The number of hydrogen-bond donors (Lipinski definition) is 1. The van der Waals surface area contributed by atoms with Crippen LogP contribution < -0.4 is 5.73 Å². The molecule has 2 rings (SSSR count). The number of hydrogen-bond acceptors (Lipinski definition) is 2. The van der Waals surface area contributed by atoms with Gasteiger partial charge in [0.1, 0.15) is 11.6 Å². The number of anilines is 1. The Morgan fingerprint density at radius 1 is 1.50 bits per heavy atom. The van der Waals surface area contributed by atoms with Gasteiger partial charge in [0.25, 0.3) is 0 Å². The van der Waals surface area contributed by atoms with Crippen LogP contribution in [0.3, 0.4) is 0 Å². The van der Waals surface area contributed by atoms with Crippen LogP contribution in [-0.2, 0) is 13.5 Å². The van der Waals surface area contributed by atoms with Crippen LogP contribution in [0.25, 0.3) is 11.0 Å². The van der Waals surface area contributed by atoms with Crippen LogP contribution in [0.2, 0.25) is 0 Å². The standard InChI is InChI=1S/C10H12FN3/c1-3-9-13-8-5-6(11)4-7(12)10(8)14(9)2/h4-5H,3,12H2,1-2H3. The van der Waals surface area contributed by atoms with Crippen LogP contribution in [-0.4, -0.2) is 9.55 Å². The Labute approximate surface area is 81.4 Å². The average molecular weight is 193 g/mol. The summed E-state index contributed by atoms with van der Waals surface area (Å²) < 4.78 is 14.9. The number of fused-ring (bicyclic) bond motifs is 1. The van der Waals surface area contributed by atoms with E-state index in [0.29, 0.717) is 11.2 Å². The predicted molar refractivity (Wildman–Crippen MR) is 54.5 cm³/mol. The van der Waals surface area contributed by atoms with E-state index in [1.807, 2.05) is 18.5 Å². The quantitative estimate of drug-likeness (QED) is 0.702. The summed E-state index contributed by atoms with van der Waals surface area (Å²) in [5, 5.41) is 0. The van der Waals surface area contributed by atoms with Crippen molar-refractivity contribution >= 4 is 16.7 Å². The molecule has 1 aromatic carbocycles. The van der Waals surface area contributed by atoms with E-state index in [1.54, 1.807) is 0 Å². The number of halogens is 1. The maximum Gasteiger partial charge on any atom is 0.127 e. The molecule has 0 atom stereocenters. The molecule has 2 N–H and O–H groups in total. The lowest BCUT2D eigenvalue weighted by atomic mass is 10.2. The summed E-state index contributed by atoms with van der Waals surface area (Å²) in [6, 6.07) is 2.73. The SMILES string of the molecule is CCc1nc2cc(F)cc(N)c2n1C. The Hall–Kier alpha value is -1.58. The third kappa shape index (κ3) is 1.14. The van der Waals surface area contributed by atoms with E-state index in [1.165, 1.54) is 12.1 Å². The summed E-state index contributed by atoms with van der Waals surface area (Å²) in [5.41, 5.74) is 7.60. The van der Waals surface area contributed by atoms with Crippen LogP contribution in [0.1, 0.15) is 12.7 Å². The number of aromatic nitrogens is 2. The second kappa shape index (κ2) is 2.97. The molecule has 0 aliphatic rings. The van der Waals surface area contributed by atoms with Crippen LogP contribution in [0.15, 0.2) is 12.1 Å². The highest BCUT2D eigenvalue weighted by atomic mass is 19.1. The maximum atomic E-state index is 13.0. The van der Waals surface area contributed by atoms with E-state index in [4.69, 9.17) is 5.73 Å². The summed E-state index contributed by atoms with van der Waals surface area (Å²) in [7, 11) is 1.89. The summed E-state index contributed by atoms with van der Waals surface area (Å²) >= 11 is 0. The largest absolute Gasteiger partial charge is 0.397 e. The van der Waals surface area contributed by atoms with Gasteiger partial charge in [-0.05, 0) is 6.07 Å². The molecular weight excluding hydrogens is 181 g/mol. The molecule has 0 aliphatic carbocycles. The number of aryl methyl sites for hydroxylation is 2. The normalized spacial score (nSPS) is 11.1. The third-order valence-electron chi connectivity index (χ3n) is 2.37. The number of nitrogens with two attached hydrogens (primary N) is 1. The fourth-order valence-electron chi connectivity index (χ4n) is 1.72. The first-order valence-electron chi connectivity index (χ1n) is 4.53. The van der Waals surface area contributed by atoms with E-state index < -0.39 is 0 Å². The van der Waals surface area contributed by atoms with Crippen molar-refractivity contribution < 1.29 is 4.39 Å². The minimum absolute atomic E-state index is 0.337. The molecule has 0 unspecified atom stereocenters. The fraction of sp³-hybridized carbons (Fsp3) is 0.300. The molecule has 1 aromatic heterocycles. The highest BCUT2D eigenvalue weighted by Gasteiger charge is 2.10. The third-order valence-corrected chi connectivity index (χ3v) is 2.37. The number of nitrogens with zero attached hydrogens (tertiary/aromatic N) is 2. The molecule has 4 heteroatoms. The molecule has 0 radical (unpaired) electrons. The number of imidazole rings is 1. The van der Waals surface area contributed by atoms with Crippen molar-refractivity contribution in [2.75, 3.05) is 5.73 Å². The van der Waals surface area contributed by atoms with Gasteiger partial charge in [-0.15, -0.1) is 0 Å². The van der Waals surface area contributed by atoms with Crippen molar-refractivity contribution in [2.45, 2.75) is 13.3 Å². The van der Waals surface area contributed by atoms with Gasteiger partial charge >= 0.3 is 0 Å². The van der Waals surface area contributed by atoms with Gasteiger partial charge in [-0.25, -0.2) is 9.37 Å². The molecule has 1 heterocycles. The van der Waals surface area contributed by atoms with Gasteiger partial charge in [-0.3, -0.25) is 0 Å². The highest BCUT2D eigenvalue weighted by molar-refractivity contribution is 5.87. The number of benzene rings is 1. The number of rotatable bonds is 1. The Morgan fingerprint density at radius 3 is 2.86 bits per heavy atom. The van der Waals surface area contributed by atoms with Gasteiger partial charge in [0, 0.05) is 19.5 Å². The average Bonchev–Trinajstić information content (AvgIpc) is 2.42. The van der Waals surface area contributed by atoms with Gasteiger partial charge in [0.2, 0.25) is 0 Å². The smallest absolute Gasteiger partial charge is 0.127 e. The lowest BCUT2D eigenvalue weighted by Gasteiger charge is -2.01. The first-order valence-corrected chi connectivity index (χ1v) is 4.53. The lowest BCUT2D eigenvalue weighted by Crippen LogP contribution is -1.97. The molecule has 0 bridgehead atoms. The predicted octanol–water partition coefficient (Wildman–Crippen LogP) is 1.86. The first kappa shape index (κ1) is 8.99. The van der Waals surface area contributed by atoms with Crippen molar-refractivity contribution in [1.82, 2.24) is 9.55 Å². The Bertz CT molecular complexity index is 488. The van der Waals surface area contributed by atoms with E-state index in [0.717, 1.165) is 17.8 Å².